The lowest BCUT2D eigenvalue weighted by molar-refractivity contribution is -0.152. The molecule has 0 saturated carbocycles. The summed E-state index contributed by atoms with van der Waals surface area (Å²) >= 11 is 0. The number of ether oxygens (including phenoxy) is 1. The first-order valence-corrected chi connectivity index (χ1v) is 13.2. The van der Waals surface area contributed by atoms with Crippen LogP contribution in [0.15, 0.2) is 0 Å². The van der Waals surface area contributed by atoms with Gasteiger partial charge in [-0.3, -0.25) is 38.5 Å². The Hall–Kier alpha value is -3.75. The molecule has 0 aromatic heterocycles. The van der Waals surface area contributed by atoms with E-state index in [0.717, 1.165) is 4.90 Å². The van der Waals surface area contributed by atoms with E-state index in [0.29, 0.717) is 0 Å². The first kappa shape index (κ1) is 37.2. The van der Waals surface area contributed by atoms with Gasteiger partial charge in [0.15, 0.2) is 6.10 Å². The zero-order chi connectivity index (χ0) is 32.4. The third-order valence-electron chi connectivity index (χ3n) is 6.94. The number of hydrogen-bond donors (Lipinski definition) is 3. The Bertz CT molecular complexity index is 973. The summed E-state index contributed by atoms with van der Waals surface area (Å²) in [7, 11) is 9.21. The Morgan fingerprint density at radius 2 is 0.951 bits per heavy atom. The molecule has 0 rings (SSSR count). The third-order valence-corrected chi connectivity index (χ3v) is 6.94. The molecule has 0 spiro atoms. The van der Waals surface area contributed by atoms with E-state index in [1.165, 1.54) is 72.6 Å². The number of likely N-dealkylation sites (N-methyl/N-ethyl adjacent to an activating group) is 4. The average Bonchev–Trinajstić information content (AvgIpc) is 2.91. The van der Waals surface area contributed by atoms with Gasteiger partial charge in [-0.1, -0.05) is 0 Å². The summed E-state index contributed by atoms with van der Waals surface area (Å²) in [5, 5.41) is 7.74. The van der Waals surface area contributed by atoms with Gasteiger partial charge in [0.2, 0.25) is 29.5 Å². The van der Waals surface area contributed by atoms with Gasteiger partial charge in [-0.15, -0.1) is 0 Å². The second-order valence-electron chi connectivity index (χ2n) is 10.5. The number of nitrogens with zero attached hydrogens (tertiary/aromatic N) is 4. The van der Waals surface area contributed by atoms with Crippen molar-refractivity contribution in [2.45, 2.75) is 83.9 Å². The molecule has 0 aromatic rings. The highest BCUT2D eigenvalue weighted by Gasteiger charge is 2.34. The first-order chi connectivity index (χ1) is 18.8. The number of carbonyl (C=O) groups is 7. The second kappa shape index (κ2) is 16.5. The molecule has 234 valence electrons. The summed E-state index contributed by atoms with van der Waals surface area (Å²) in [5.41, 5.74) is 0. The van der Waals surface area contributed by atoms with Crippen LogP contribution < -0.4 is 16.0 Å². The fourth-order valence-electron chi connectivity index (χ4n) is 3.50. The molecule has 0 radical (unpaired) electrons. The molecule has 0 aromatic carbocycles. The lowest BCUT2D eigenvalue weighted by Crippen LogP contribution is -2.58. The summed E-state index contributed by atoms with van der Waals surface area (Å²) < 4.78 is 4.84. The summed E-state index contributed by atoms with van der Waals surface area (Å²) in [4.78, 5) is 92.1. The van der Waals surface area contributed by atoms with Gasteiger partial charge in [0.1, 0.15) is 24.2 Å². The Balaban J connectivity index is 5.21. The van der Waals surface area contributed by atoms with Gasteiger partial charge in [-0.25, -0.2) is 0 Å². The highest BCUT2D eigenvalue weighted by atomic mass is 16.5. The summed E-state index contributed by atoms with van der Waals surface area (Å²) in [6, 6.07) is -5.27. The Labute approximate surface area is 242 Å². The minimum atomic E-state index is -1.26. The Morgan fingerprint density at radius 1 is 0.585 bits per heavy atom. The van der Waals surface area contributed by atoms with E-state index in [1.54, 1.807) is 25.9 Å². The van der Waals surface area contributed by atoms with Crippen LogP contribution in [0.3, 0.4) is 0 Å². The van der Waals surface area contributed by atoms with Crippen molar-refractivity contribution in [1.29, 1.82) is 0 Å². The molecule has 15 heteroatoms. The quantitative estimate of drug-likeness (QED) is 0.180. The lowest BCUT2D eigenvalue weighted by atomic mass is 10.1. The smallest absolute Gasteiger partial charge is 0.293 e. The minimum Gasteiger partial charge on any atom is -0.452 e. The van der Waals surface area contributed by atoms with E-state index in [-0.39, 0.29) is 12.4 Å². The monoisotopic (exact) mass is 585 g/mol. The van der Waals surface area contributed by atoms with Crippen LogP contribution in [0.1, 0.15) is 41.5 Å². The molecule has 0 aliphatic carbocycles. The van der Waals surface area contributed by atoms with E-state index in [2.05, 4.69) is 16.0 Å². The number of amides is 6. The van der Waals surface area contributed by atoms with Crippen molar-refractivity contribution in [3.63, 3.8) is 0 Å². The maximum absolute atomic E-state index is 13.0. The van der Waals surface area contributed by atoms with Gasteiger partial charge in [0, 0.05) is 28.2 Å². The van der Waals surface area contributed by atoms with E-state index >= 15 is 0 Å². The van der Waals surface area contributed by atoms with Crippen LogP contribution in [0.2, 0.25) is 0 Å². The molecule has 41 heavy (non-hydrogen) atoms. The normalized spacial score (nSPS) is 16.0. The largest absolute Gasteiger partial charge is 0.452 e. The highest BCUT2D eigenvalue weighted by molar-refractivity contribution is 5.95. The minimum absolute atomic E-state index is 0.118. The third kappa shape index (κ3) is 10.6. The number of carbonyl (C=O) groups excluding carboxylic acids is 7. The van der Waals surface area contributed by atoms with Crippen LogP contribution >= 0.6 is 0 Å². The first-order valence-electron chi connectivity index (χ1n) is 13.2. The molecule has 0 aliphatic rings. The van der Waals surface area contributed by atoms with E-state index in [1.807, 2.05) is 0 Å². The predicted octanol–water partition coefficient (Wildman–Crippen LogP) is -2.23. The van der Waals surface area contributed by atoms with Crippen molar-refractivity contribution in [2.24, 2.45) is 0 Å². The maximum atomic E-state index is 13.0. The topological polar surface area (TPSA) is 178 Å². The second-order valence-corrected chi connectivity index (χ2v) is 10.5. The molecule has 6 amide bonds. The fourth-order valence-corrected chi connectivity index (χ4v) is 3.50. The van der Waals surface area contributed by atoms with Crippen molar-refractivity contribution in [3.05, 3.63) is 0 Å². The molecule has 0 saturated heterocycles. The van der Waals surface area contributed by atoms with E-state index < -0.39 is 71.9 Å². The van der Waals surface area contributed by atoms with Gasteiger partial charge in [-0.05, 0) is 55.6 Å². The number of nitrogens with one attached hydrogen (secondary N) is 3. The Morgan fingerprint density at radius 3 is 1.29 bits per heavy atom. The van der Waals surface area contributed by atoms with Crippen LogP contribution in [0.25, 0.3) is 0 Å². The van der Waals surface area contributed by atoms with Crippen molar-refractivity contribution >= 4 is 41.9 Å². The van der Waals surface area contributed by atoms with Gasteiger partial charge >= 0.3 is 0 Å². The zero-order valence-electron chi connectivity index (χ0n) is 26.2. The van der Waals surface area contributed by atoms with Gasteiger partial charge in [0.25, 0.3) is 12.4 Å². The standard InChI is InChI=1S/C26H47N7O8/c1-14(20(41-13-34)26(40)31(9)10)27-22(36)18(5)32(11)25(39)16(3)29-23(37)19(6)33(12)24(38)15(2)28-21(35)17(4)30(7)8/h13-20H,1-12H3,(H,27,36)(H,28,35)(H,29,37). The summed E-state index contributed by atoms with van der Waals surface area (Å²) in [5.74, 6) is -3.18. The predicted molar refractivity (Wildman–Crippen MR) is 150 cm³/mol. The SMILES string of the molecule is CC(NC(=O)C(C)N(C)C)C(=O)N(C)C(C)C(=O)NC(C)C(=O)N(C)C(C)C(=O)NC(C)C(OC=O)C(=O)N(C)C. The van der Waals surface area contributed by atoms with Crippen molar-refractivity contribution in [3.8, 4) is 0 Å². The number of rotatable bonds is 15. The summed E-state index contributed by atoms with van der Waals surface area (Å²) in [6.07, 6.45) is -1.26. The van der Waals surface area contributed by atoms with Gasteiger partial charge < -0.3 is 35.4 Å². The van der Waals surface area contributed by atoms with Crippen molar-refractivity contribution in [2.75, 3.05) is 42.3 Å². The highest BCUT2D eigenvalue weighted by Crippen LogP contribution is 2.07. The molecule has 15 nitrogen and oxygen atoms in total. The molecule has 0 aliphatic heterocycles. The molecule has 3 N–H and O–H groups in total. The van der Waals surface area contributed by atoms with E-state index in [9.17, 15) is 33.6 Å². The molecule has 7 atom stereocenters. The molecular formula is C26H47N7O8. The van der Waals surface area contributed by atoms with Crippen LogP contribution in [0.5, 0.6) is 0 Å². The van der Waals surface area contributed by atoms with Crippen LogP contribution in [-0.2, 0) is 38.3 Å². The Kier molecular flexibility index (Phi) is 15.0. The lowest BCUT2D eigenvalue weighted by Gasteiger charge is -2.31. The molecule has 0 heterocycles. The fraction of sp³-hybridized carbons (Fsp3) is 0.731. The molecule has 7 unspecified atom stereocenters. The summed E-state index contributed by atoms with van der Waals surface area (Å²) in [6.45, 7) is 9.19. The van der Waals surface area contributed by atoms with Crippen LogP contribution in [-0.4, -0.2) is 146 Å². The zero-order valence-corrected chi connectivity index (χ0v) is 26.2. The average molecular weight is 586 g/mol. The maximum Gasteiger partial charge on any atom is 0.293 e. The van der Waals surface area contributed by atoms with Crippen molar-refractivity contribution in [1.82, 2.24) is 35.6 Å². The molecule has 0 fully saturated rings. The van der Waals surface area contributed by atoms with E-state index in [4.69, 9.17) is 4.74 Å². The van der Waals surface area contributed by atoms with Crippen molar-refractivity contribution < 1.29 is 38.3 Å². The van der Waals surface area contributed by atoms with Crippen LogP contribution in [0.4, 0.5) is 0 Å². The van der Waals surface area contributed by atoms with Gasteiger partial charge in [-0.2, -0.15) is 0 Å². The molecular weight excluding hydrogens is 538 g/mol. The number of hydrogen-bond acceptors (Lipinski definition) is 9. The molecule has 0 bridgehead atoms. The van der Waals surface area contributed by atoms with Gasteiger partial charge in [0.05, 0.1) is 12.1 Å². The van der Waals surface area contributed by atoms with Crippen LogP contribution in [0, 0.1) is 0 Å².